The number of allylic oxidation sites excluding steroid dienone is 1. The first-order valence-corrected chi connectivity index (χ1v) is 9.75. The molecule has 0 spiro atoms. The van der Waals surface area contributed by atoms with E-state index in [0.717, 1.165) is 22.5 Å². The molecule has 0 unspecified atom stereocenters. The molecule has 0 atom stereocenters. The van der Waals surface area contributed by atoms with E-state index in [2.05, 4.69) is 15.4 Å². The molecule has 0 radical (unpaired) electrons. The largest absolute Gasteiger partial charge is 0.467 e. The van der Waals surface area contributed by atoms with E-state index >= 15 is 0 Å². The van der Waals surface area contributed by atoms with E-state index in [1.54, 1.807) is 24.5 Å². The Kier molecular flexibility index (Phi) is 5.77. The van der Waals surface area contributed by atoms with Gasteiger partial charge in [-0.3, -0.25) is 4.79 Å². The summed E-state index contributed by atoms with van der Waals surface area (Å²) in [6.45, 7) is 2.38. The molecule has 0 saturated carbocycles. The van der Waals surface area contributed by atoms with Gasteiger partial charge in [-0.1, -0.05) is 59.6 Å². The average molecular weight is 419 g/mol. The molecule has 6 nitrogen and oxygen atoms in total. The van der Waals surface area contributed by atoms with Crippen LogP contribution < -0.4 is 5.32 Å². The molecule has 2 heterocycles. The Morgan fingerprint density at radius 1 is 1.13 bits per heavy atom. The lowest BCUT2D eigenvalue weighted by atomic mass is 10.1. The molecule has 0 saturated heterocycles. The van der Waals surface area contributed by atoms with Gasteiger partial charge in [-0.25, -0.2) is 0 Å². The molecule has 0 aliphatic carbocycles. The summed E-state index contributed by atoms with van der Waals surface area (Å²) in [6, 6.07) is 18.8. The fraction of sp³-hybridized carbons (Fsp3) is 0.0870. The van der Waals surface area contributed by atoms with Gasteiger partial charge >= 0.3 is 0 Å². The number of nitrogens with one attached hydrogen (secondary N) is 1. The van der Waals surface area contributed by atoms with Crippen molar-refractivity contribution >= 4 is 29.5 Å². The number of rotatable bonds is 6. The number of benzene rings is 2. The minimum Gasteiger partial charge on any atom is -0.467 e. The van der Waals surface area contributed by atoms with Crippen LogP contribution in [-0.2, 0) is 6.54 Å². The second-order valence-electron chi connectivity index (χ2n) is 6.66. The Morgan fingerprint density at radius 3 is 2.67 bits per heavy atom. The molecule has 2 aromatic heterocycles. The van der Waals surface area contributed by atoms with Crippen LogP contribution in [0, 0.1) is 6.92 Å². The molecule has 1 N–H and O–H groups in total. The van der Waals surface area contributed by atoms with Crippen LogP contribution in [-0.4, -0.2) is 20.7 Å². The van der Waals surface area contributed by atoms with Crippen molar-refractivity contribution in [3.05, 3.63) is 94.9 Å². The first-order chi connectivity index (χ1) is 14.6. The lowest BCUT2D eigenvalue weighted by Gasteiger charge is -2.04. The Hall–Kier alpha value is -3.64. The highest BCUT2D eigenvalue weighted by molar-refractivity contribution is 6.32. The van der Waals surface area contributed by atoms with Crippen molar-refractivity contribution in [1.29, 1.82) is 0 Å². The number of nitrogens with zero attached hydrogens (tertiary/aromatic N) is 3. The Bertz CT molecular complexity index is 1180. The standard InChI is InChI=1S/C23H19ClN4O2/c1-16-8-10-18(11-9-16)22-26-23(25-15-19-6-4-14-30-19)28(27-22)21(29)13-12-17-5-2-3-7-20(17)24/h2-14H,15H2,1H3,(H,25,26,27). The third-order valence-electron chi connectivity index (χ3n) is 4.44. The minimum absolute atomic E-state index is 0.329. The molecule has 7 heteroatoms. The second kappa shape index (κ2) is 8.80. The van der Waals surface area contributed by atoms with Gasteiger partial charge in [-0.2, -0.15) is 9.67 Å². The predicted molar refractivity (Wildman–Crippen MR) is 117 cm³/mol. The summed E-state index contributed by atoms with van der Waals surface area (Å²) in [5, 5.41) is 8.11. The van der Waals surface area contributed by atoms with Crippen LogP contribution in [0.25, 0.3) is 17.5 Å². The molecular formula is C23H19ClN4O2. The van der Waals surface area contributed by atoms with Crippen LogP contribution in [0.4, 0.5) is 5.95 Å². The SMILES string of the molecule is Cc1ccc(-c2nc(NCc3ccco3)n(C(=O)C=Cc3ccccc3Cl)n2)cc1. The van der Waals surface area contributed by atoms with Gasteiger partial charge < -0.3 is 9.73 Å². The van der Waals surface area contributed by atoms with Crippen molar-refractivity contribution in [2.45, 2.75) is 13.5 Å². The molecule has 0 bridgehead atoms. The van der Waals surface area contributed by atoms with Gasteiger partial charge in [0, 0.05) is 16.7 Å². The van der Waals surface area contributed by atoms with E-state index in [0.29, 0.717) is 23.3 Å². The Labute approximate surface area is 178 Å². The first-order valence-electron chi connectivity index (χ1n) is 9.37. The highest BCUT2D eigenvalue weighted by atomic mass is 35.5. The summed E-state index contributed by atoms with van der Waals surface area (Å²) >= 11 is 6.17. The summed E-state index contributed by atoms with van der Waals surface area (Å²) < 4.78 is 6.59. The topological polar surface area (TPSA) is 73.0 Å². The Balaban J connectivity index is 1.64. The van der Waals surface area contributed by atoms with Crippen LogP contribution in [0.5, 0.6) is 0 Å². The second-order valence-corrected chi connectivity index (χ2v) is 7.07. The normalized spacial score (nSPS) is 11.1. The number of halogens is 1. The molecule has 0 aliphatic heterocycles. The fourth-order valence-corrected chi connectivity index (χ4v) is 3.03. The van der Waals surface area contributed by atoms with Crippen molar-refractivity contribution in [2.75, 3.05) is 5.32 Å². The Morgan fingerprint density at radius 2 is 1.93 bits per heavy atom. The third kappa shape index (κ3) is 4.50. The number of aryl methyl sites for hydroxylation is 1. The van der Waals surface area contributed by atoms with Gasteiger partial charge in [0.25, 0.3) is 5.91 Å². The minimum atomic E-state index is -0.345. The first kappa shape index (κ1) is 19.7. The summed E-state index contributed by atoms with van der Waals surface area (Å²) in [7, 11) is 0. The van der Waals surface area contributed by atoms with Crippen LogP contribution in [0.1, 0.15) is 21.7 Å². The number of carbonyl (C=O) groups is 1. The summed E-state index contributed by atoms with van der Waals surface area (Å²) in [4.78, 5) is 17.4. The lowest BCUT2D eigenvalue weighted by Crippen LogP contribution is -2.14. The van der Waals surface area contributed by atoms with Crippen molar-refractivity contribution < 1.29 is 9.21 Å². The van der Waals surface area contributed by atoms with Crippen molar-refractivity contribution in [1.82, 2.24) is 14.8 Å². The van der Waals surface area contributed by atoms with Crippen LogP contribution in [0.3, 0.4) is 0 Å². The molecule has 0 aliphatic rings. The van der Waals surface area contributed by atoms with Crippen molar-refractivity contribution in [2.24, 2.45) is 0 Å². The number of anilines is 1. The highest BCUT2D eigenvalue weighted by Gasteiger charge is 2.16. The smallest absolute Gasteiger partial charge is 0.274 e. The molecule has 4 aromatic rings. The maximum Gasteiger partial charge on any atom is 0.274 e. The third-order valence-corrected chi connectivity index (χ3v) is 4.78. The van der Waals surface area contributed by atoms with E-state index in [4.69, 9.17) is 16.0 Å². The molecular weight excluding hydrogens is 400 g/mol. The van der Waals surface area contributed by atoms with Crippen molar-refractivity contribution in [3.63, 3.8) is 0 Å². The van der Waals surface area contributed by atoms with Crippen molar-refractivity contribution in [3.8, 4) is 11.4 Å². The van der Waals surface area contributed by atoms with Gasteiger partial charge in [-0.05, 0) is 36.8 Å². The molecule has 150 valence electrons. The number of hydrogen-bond donors (Lipinski definition) is 1. The van der Waals surface area contributed by atoms with E-state index in [-0.39, 0.29) is 5.91 Å². The predicted octanol–water partition coefficient (Wildman–Crippen LogP) is 5.47. The summed E-state index contributed by atoms with van der Waals surface area (Å²) in [6.07, 6.45) is 4.68. The fourth-order valence-electron chi connectivity index (χ4n) is 2.83. The summed E-state index contributed by atoms with van der Waals surface area (Å²) in [5.41, 5.74) is 2.70. The molecule has 2 aromatic carbocycles. The van der Waals surface area contributed by atoms with Crippen LogP contribution in [0.2, 0.25) is 5.02 Å². The number of hydrogen-bond acceptors (Lipinski definition) is 5. The average Bonchev–Trinajstić information content (AvgIpc) is 3.42. The lowest BCUT2D eigenvalue weighted by molar-refractivity contribution is 0.0957. The molecule has 0 fully saturated rings. The van der Waals surface area contributed by atoms with E-state index < -0.39 is 0 Å². The number of aromatic nitrogens is 3. The van der Waals surface area contributed by atoms with Gasteiger partial charge in [0.1, 0.15) is 5.76 Å². The van der Waals surface area contributed by atoms with E-state index in [1.807, 2.05) is 55.5 Å². The zero-order valence-corrected chi connectivity index (χ0v) is 17.0. The van der Waals surface area contributed by atoms with Gasteiger partial charge in [0.2, 0.25) is 5.95 Å². The van der Waals surface area contributed by atoms with Gasteiger partial charge in [0.15, 0.2) is 5.82 Å². The zero-order chi connectivity index (χ0) is 20.9. The monoisotopic (exact) mass is 418 g/mol. The summed E-state index contributed by atoms with van der Waals surface area (Å²) in [5.74, 6) is 1.16. The quantitative estimate of drug-likeness (QED) is 0.420. The van der Waals surface area contributed by atoms with Gasteiger partial charge in [0.05, 0.1) is 12.8 Å². The van der Waals surface area contributed by atoms with E-state index in [1.165, 1.54) is 10.8 Å². The maximum absolute atomic E-state index is 12.9. The van der Waals surface area contributed by atoms with Crippen LogP contribution in [0.15, 0.2) is 77.4 Å². The number of carbonyl (C=O) groups excluding carboxylic acids is 1. The molecule has 0 amide bonds. The molecule has 30 heavy (non-hydrogen) atoms. The van der Waals surface area contributed by atoms with Gasteiger partial charge in [-0.15, -0.1) is 5.10 Å². The maximum atomic E-state index is 12.9. The zero-order valence-electron chi connectivity index (χ0n) is 16.2. The number of furan rings is 1. The molecule has 4 rings (SSSR count). The highest BCUT2D eigenvalue weighted by Crippen LogP contribution is 2.20. The van der Waals surface area contributed by atoms with E-state index in [9.17, 15) is 4.79 Å². The van der Waals surface area contributed by atoms with Crippen LogP contribution >= 0.6 is 11.6 Å².